The van der Waals surface area contributed by atoms with Gasteiger partial charge in [-0.3, -0.25) is 9.59 Å². The first kappa shape index (κ1) is 25.3. The number of aryl methyl sites for hydroxylation is 1. The van der Waals surface area contributed by atoms with Gasteiger partial charge in [0.1, 0.15) is 11.5 Å². The lowest BCUT2D eigenvalue weighted by Crippen LogP contribution is -2.30. The van der Waals surface area contributed by atoms with Crippen molar-refractivity contribution < 1.29 is 19.4 Å². The Morgan fingerprint density at radius 3 is 2.32 bits per heavy atom. The smallest absolute Gasteiger partial charge is 0.295 e. The molecule has 3 rings (SSSR count). The molecule has 6 nitrogen and oxygen atoms in total. The van der Waals surface area contributed by atoms with E-state index in [4.69, 9.17) is 4.74 Å². The molecule has 182 valence electrons. The molecule has 1 aliphatic heterocycles. The van der Waals surface area contributed by atoms with Crippen LogP contribution in [0.2, 0.25) is 0 Å². The third-order valence-corrected chi connectivity index (χ3v) is 6.47. The Kier molecular flexibility index (Phi) is 7.70. The maximum Gasteiger partial charge on any atom is 0.295 e. The SMILES string of the molecule is CCCCN1C(=O)C(=O)/C(=C(/O)c2cc(C(C)C)c(OC)cc2C)C1c1ccc(N(C)C)cc1. The van der Waals surface area contributed by atoms with E-state index in [2.05, 4.69) is 0 Å². The summed E-state index contributed by atoms with van der Waals surface area (Å²) in [4.78, 5) is 29.9. The van der Waals surface area contributed by atoms with Crippen LogP contribution in [-0.4, -0.2) is 49.4 Å². The maximum absolute atomic E-state index is 13.3. The number of unbranched alkanes of at least 4 members (excludes halogenated alkanes) is 1. The number of aliphatic hydroxyl groups excluding tert-OH is 1. The molecule has 1 amide bonds. The van der Waals surface area contributed by atoms with E-state index in [0.29, 0.717) is 12.1 Å². The van der Waals surface area contributed by atoms with Crippen LogP contribution in [0, 0.1) is 6.92 Å². The molecule has 2 aromatic rings. The summed E-state index contributed by atoms with van der Waals surface area (Å²) < 4.78 is 5.54. The maximum atomic E-state index is 13.3. The Hall–Kier alpha value is -3.28. The molecule has 2 aromatic carbocycles. The third-order valence-electron chi connectivity index (χ3n) is 6.47. The molecule has 1 N–H and O–H groups in total. The summed E-state index contributed by atoms with van der Waals surface area (Å²) in [5.74, 6) is -0.448. The minimum atomic E-state index is -0.642. The number of nitrogens with zero attached hydrogens (tertiary/aromatic N) is 2. The quantitative estimate of drug-likeness (QED) is 0.321. The van der Waals surface area contributed by atoms with Gasteiger partial charge in [-0.25, -0.2) is 0 Å². The average molecular weight is 465 g/mol. The Bertz CT molecular complexity index is 1100. The third kappa shape index (κ3) is 4.67. The van der Waals surface area contributed by atoms with Crippen molar-refractivity contribution in [1.82, 2.24) is 4.90 Å². The Labute approximate surface area is 202 Å². The molecule has 1 fully saturated rings. The predicted molar refractivity (Wildman–Crippen MR) is 137 cm³/mol. The van der Waals surface area contributed by atoms with Crippen LogP contribution < -0.4 is 9.64 Å². The lowest BCUT2D eigenvalue weighted by Gasteiger charge is -2.26. The highest BCUT2D eigenvalue weighted by Gasteiger charge is 2.45. The monoisotopic (exact) mass is 464 g/mol. The molecule has 0 radical (unpaired) electrons. The van der Waals surface area contributed by atoms with Gasteiger partial charge in [-0.05, 0) is 60.2 Å². The van der Waals surface area contributed by atoms with Gasteiger partial charge in [0.15, 0.2) is 0 Å². The molecule has 1 unspecified atom stereocenters. The van der Waals surface area contributed by atoms with Gasteiger partial charge < -0.3 is 19.6 Å². The molecule has 0 saturated carbocycles. The topological polar surface area (TPSA) is 70.1 Å². The zero-order valence-corrected chi connectivity index (χ0v) is 21.3. The fourth-order valence-corrected chi connectivity index (χ4v) is 4.47. The molecular weight excluding hydrogens is 428 g/mol. The van der Waals surface area contributed by atoms with E-state index in [1.165, 1.54) is 0 Å². The summed E-state index contributed by atoms with van der Waals surface area (Å²) in [7, 11) is 5.54. The van der Waals surface area contributed by atoms with Crippen LogP contribution >= 0.6 is 0 Å². The largest absolute Gasteiger partial charge is 0.507 e. The van der Waals surface area contributed by atoms with Gasteiger partial charge in [0.25, 0.3) is 11.7 Å². The fraction of sp³-hybridized carbons (Fsp3) is 0.429. The predicted octanol–water partition coefficient (Wildman–Crippen LogP) is 5.41. The van der Waals surface area contributed by atoms with Crippen LogP contribution in [0.1, 0.15) is 67.8 Å². The van der Waals surface area contributed by atoms with Crippen molar-refractivity contribution in [3.63, 3.8) is 0 Å². The number of carbonyl (C=O) groups excluding carboxylic acids is 2. The number of hydrogen-bond donors (Lipinski definition) is 1. The van der Waals surface area contributed by atoms with Crippen LogP contribution in [0.3, 0.4) is 0 Å². The Morgan fingerprint density at radius 1 is 1.15 bits per heavy atom. The van der Waals surface area contributed by atoms with Gasteiger partial charge >= 0.3 is 0 Å². The number of rotatable bonds is 8. The highest BCUT2D eigenvalue weighted by atomic mass is 16.5. The van der Waals surface area contributed by atoms with E-state index in [0.717, 1.165) is 41.0 Å². The number of amides is 1. The zero-order chi connectivity index (χ0) is 25.2. The first-order valence-electron chi connectivity index (χ1n) is 11.9. The molecule has 1 heterocycles. The minimum Gasteiger partial charge on any atom is -0.507 e. The van der Waals surface area contributed by atoms with E-state index >= 15 is 0 Å². The van der Waals surface area contributed by atoms with Gasteiger partial charge in [-0.2, -0.15) is 0 Å². The number of hydrogen-bond acceptors (Lipinski definition) is 5. The van der Waals surface area contributed by atoms with Gasteiger partial charge in [0, 0.05) is 31.9 Å². The molecule has 6 heteroatoms. The number of methoxy groups -OCH3 is 1. The lowest BCUT2D eigenvalue weighted by molar-refractivity contribution is -0.139. The molecular formula is C28H36N2O4. The van der Waals surface area contributed by atoms with Crippen LogP contribution in [0.4, 0.5) is 5.69 Å². The molecule has 34 heavy (non-hydrogen) atoms. The summed E-state index contributed by atoms with van der Waals surface area (Å²) in [6, 6.07) is 10.9. The highest BCUT2D eigenvalue weighted by Crippen LogP contribution is 2.41. The van der Waals surface area contributed by atoms with E-state index < -0.39 is 17.7 Å². The second-order valence-electron chi connectivity index (χ2n) is 9.40. The van der Waals surface area contributed by atoms with Crippen molar-refractivity contribution in [3.8, 4) is 5.75 Å². The summed E-state index contributed by atoms with van der Waals surface area (Å²) in [5, 5.41) is 11.5. The first-order chi connectivity index (χ1) is 16.1. The summed E-state index contributed by atoms with van der Waals surface area (Å²) in [6.45, 7) is 8.47. The number of anilines is 1. The standard InChI is InChI=1S/C28H36N2O4/c1-8-9-14-30-25(19-10-12-20(13-11-19)29(5)6)24(27(32)28(30)33)26(31)22-16-21(17(2)3)23(34-7)15-18(22)4/h10-13,15-17,25,31H,8-9,14H2,1-7H3/b26-24+. The zero-order valence-electron chi connectivity index (χ0n) is 21.3. The molecule has 0 bridgehead atoms. The Morgan fingerprint density at radius 2 is 1.79 bits per heavy atom. The van der Waals surface area contributed by atoms with Crippen LogP contribution in [0.5, 0.6) is 5.75 Å². The number of likely N-dealkylation sites (tertiary alicyclic amines) is 1. The van der Waals surface area contributed by atoms with Gasteiger partial charge in [-0.15, -0.1) is 0 Å². The number of Topliss-reactive ketones (excluding diaryl/α,β-unsaturated/α-hetero) is 1. The van der Waals surface area contributed by atoms with E-state index in [1.54, 1.807) is 12.0 Å². The van der Waals surface area contributed by atoms with Crippen LogP contribution in [0.15, 0.2) is 42.0 Å². The fourth-order valence-electron chi connectivity index (χ4n) is 4.47. The van der Waals surface area contributed by atoms with Gasteiger partial charge in [0.2, 0.25) is 0 Å². The van der Waals surface area contributed by atoms with Crippen molar-refractivity contribution in [2.75, 3.05) is 32.6 Å². The number of benzene rings is 2. The van der Waals surface area contributed by atoms with Crippen molar-refractivity contribution >= 4 is 23.1 Å². The summed E-state index contributed by atoms with van der Waals surface area (Å²) in [5.41, 5.74) is 4.22. The first-order valence-corrected chi connectivity index (χ1v) is 11.9. The van der Waals surface area contributed by atoms with Gasteiger partial charge in [-0.1, -0.05) is 39.3 Å². The molecule has 0 aliphatic carbocycles. The van der Waals surface area contributed by atoms with Crippen molar-refractivity contribution in [3.05, 3.63) is 64.2 Å². The van der Waals surface area contributed by atoms with Crippen LogP contribution in [0.25, 0.3) is 5.76 Å². The molecule has 1 atom stereocenters. The second kappa shape index (κ2) is 10.3. The van der Waals surface area contributed by atoms with E-state index in [1.807, 2.05) is 83.1 Å². The summed E-state index contributed by atoms with van der Waals surface area (Å²) >= 11 is 0. The number of ether oxygens (including phenoxy) is 1. The molecule has 0 spiro atoms. The molecule has 1 aliphatic rings. The van der Waals surface area contributed by atoms with Crippen LogP contribution in [-0.2, 0) is 9.59 Å². The number of aliphatic hydroxyl groups is 1. The van der Waals surface area contributed by atoms with Gasteiger partial charge in [0.05, 0.1) is 18.7 Å². The number of carbonyl (C=O) groups is 2. The van der Waals surface area contributed by atoms with E-state index in [-0.39, 0.29) is 17.3 Å². The van der Waals surface area contributed by atoms with Crippen molar-refractivity contribution in [1.29, 1.82) is 0 Å². The van der Waals surface area contributed by atoms with Crippen molar-refractivity contribution in [2.24, 2.45) is 0 Å². The molecule has 0 aromatic heterocycles. The summed E-state index contributed by atoms with van der Waals surface area (Å²) in [6.07, 6.45) is 1.67. The highest BCUT2D eigenvalue weighted by molar-refractivity contribution is 6.46. The average Bonchev–Trinajstić information content (AvgIpc) is 3.06. The Balaban J connectivity index is 2.22. The lowest BCUT2D eigenvalue weighted by atomic mass is 9.91. The minimum absolute atomic E-state index is 0.138. The molecule has 1 saturated heterocycles. The normalized spacial score (nSPS) is 17.5. The van der Waals surface area contributed by atoms with E-state index in [9.17, 15) is 14.7 Å². The van der Waals surface area contributed by atoms with Crippen molar-refractivity contribution in [2.45, 2.75) is 52.5 Å². The number of ketones is 1. The second-order valence-corrected chi connectivity index (χ2v) is 9.40.